The van der Waals surface area contributed by atoms with Crippen LogP contribution in [-0.2, 0) is 4.74 Å². The van der Waals surface area contributed by atoms with Crippen LogP contribution in [0.4, 0.5) is 0 Å². The molecule has 0 unspecified atom stereocenters. The van der Waals surface area contributed by atoms with Crippen molar-refractivity contribution in [3.05, 3.63) is 17.5 Å². The van der Waals surface area contributed by atoms with Crippen molar-refractivity contribution in [3.8, 4) is 0 Å². The van der Waals surface area contributed by atoms with Gasteiger partial charge in [-0.05, 0) is 20.8 Å². The van der Waals surface area contributed by atoms with Crippen LogP contribution >= 0.6 is 0 Å². The summed E-state index contributed by atoms with van der Waals surface area (Å²) in [4.78, 5) is 21.9. The Morgan fingerprint density at radius 1 is 1.57 bits per heavy atom. The zero-order valence-corrected chi connectivity index (χ0v) is 8.33. The molecule has 0 bridgehead atoms. The number of ether oxygens (including phenoxy) is 1. The second kappa shape index (κ2) is 3.61. The number of carbonyl (C=O) groups is 2. The number of aldehydes is 1. The SMILES string of the molecule is CC(C)(C)OC(=O)c1[nH]ncc1C=O. The van der Waals surface area contributed by atoms with Crippen molar-refractivity contribution in [2.75, 3.05) is 0 Å². The normalized spacial score (nSPS) is 11.1. The van der Waals surface area contributed by atoms with E-state index in [0.29, 0.717) is 6.29 Å². The van der Waals surface area contributed by atoms with Gasteiger partial charge in [0.2, 0.25) is 0 Å². The quantitative estimate of drug-likeness (QED) is 0.569. The number of hydrogen-bond donors (Lipinski definition) is 1. The maximum absolute atomic E-state index is 11.4. The second-order valence-corrected chi connectivity index (χ2v) is 3.82. The van der Waals surface area contributed by atoms with Gasteiger partial charge in [-0.15, -0.1) is 0 Å². The van der Waals surface area contributed by atoms with Crippen LogP contribution in [0.15, 0.2) is 6.20 Å². The predicted molar refractivity (Wildman–Crippen MR) is 49.1 cm³/mol. The van der Waals surface area contributed by atoms with Gasteiger partial charge in [0, 0.05) is 0 Å². The molecule has 0 fully saturated rings. The van der Waals surface area contributed by atoms with Gasteiger partial charge in [0.1, 0.15) is 5.60 Å². The van der Waals surface area contributed by atoms with Crippen molar-refractivity contribution >= 4 is 12.3 Å². The molecule has 1 N–H and O–H groups in total. The van der Waals surface area contributed by atoms with Crippen LogP contribution in [0.3, 0.4) is 0 Å². The van der Waals surface area contributed by atoms with Crippen LogP contribution in [0.25, 0.3) is 0 Å². The van der Waals surface area contributed by atoms with Gasteiger partial charge in [-0.2, -0.15) is 5.10 Å². The highest BCUT2D eigenvalue weighted by Gasteiger charge is 2.21. The predicted octanol–water partition coefficient (Wildman–Crippen LogP) is 1.18. The zero-order valence-electron chi connectivity index (χ0n) is 8.33. The first-order chi connectivity index (χ1) is 6.44. The summed E-state index contributed by atoms with van der Waals surface area (Å²) in [7, 11) is 0. The van der Waals surface area contributed by atoms with Crippen molar-refractivity contribution in [3.63, 3.8) is 0 Å². The maximum Gasteiger partial charge on any atom is 0.357 e. The molecule has 1 aromatic heterocycles. The van der Waals surface area contributed by atoms with Crippen molar-refractivity contribution < 1.29 is 14.3 Å². The molecule has 0 aliphatic heterocycles. The van der Waals surface area contributed by atoms with Crippen molar-refractivity contribution in [1.82, 2.24) is 10.2 Å². The highest BCUT2D eigenvalue weighted by molar-refractivity contribution is 5.96. The maximum atomic E-state index is 11.4. The number of H-pyrrole nitrogens is 1. The summed E-state index contributed by atoms with van der Waals surface area (Å²) in [5.74, 6) is -0.572. The minimum atomic E-state index is -0.581. The molecule has 76 valence electrons. The Kier molecular flexibility index (Phi) is 2.69. The first-order valence-corrected chi connectivity index (χ1v) is 4.16. The number of esters is 1. The molecule has 5 heteroatoms. The van der Waals surface area contributed by atoms with E-state index in [1.165, 1.54) is 6.20 Å². The Morgan fingerprint density at radius 2 is 2.21 bits per heavy atom. The fraction of sp³-hybridized carbons (Fsp3) is 0.444. The van der Waals surface area contributed by atoms with E-state index in [1.807, 2.05) is 0 Å². The molecule has 14 heavy (non-hydrogen) atoms. The van der Waals surface area contributed by atoms with Gasteiger partial charge in [-0.1, -0.05) is 0 Å². The van der Waals surface area contributed by atoms with E-state index in [0.717, 1.165) is 0 Å². The molecule has 0 radical (unpaired) electrons. The molecule has 0 atom stereocenters. The molecule has 1 heterocycles. The number of hydrogen-bond acceptors (Lipinski definition) is 4. The summed E-state index contributed by atoms with van der Waals surface area (Å²) in [5, 5.41) is 6.01. The molecule has 0 spiro atoms. The minimum Gasteiger partial charge on any atom is -0.455 e. The van der Waals surface area contributed by atoms with Gasteiger partial charge in [-0.25, -0.2) is 4.79 Å². The van der Waals surface area contributed by atoms with Gasteiger partial charge in [0.25, 0.3) is 0 Å². The fourth-order valence-electron chi connectivity index (χ4n) is 0.877. The minimum absolute atomic E-state index is 0.0925. The fourth-order valence-corrected chi connectivity index (χ4v) is 0.877. The second-order valence-electron chi connectivity index (χ2n) is 3.82. The first kappa shape index (κ1) is 10.4. The third-order valence-electron chi connectivity index (χ3n) is 1.40. The van der Waals surface area contributed by atoms with Crippen LogP contribution < -0.4 is 0 Å². The third kappa shape index (κ3) is 2.42. The van der Waals surface area contributed by atoms with Crippen molar-refractivity contribution in [1.29, 1.82) is 0 Å². The van der Waals surface area contributed by atoms with Crippen LogP contribution in [0.1, 0.15) is 41.6 Å². The highest BCUT2D eigenvalue weighted by Crippen LogP contribution is 2.12. The average Bonchev–Trinajstić information content (AvgIpc) is 2.47. The number of aromatic amines is 1. The van der Waals surface area contributed by atoms with E-state index < -0.39 is 11.6 Å². The Hall–Kier alpha value is -1.65. The van der Waals surface area contributed by atoms with E-state index in [4.69, 9.17) is 4.74 Å². The lowest BCUT2D eigenvalue weighted by Crippen LogP contribution is -2.24. The molecule has 0 aliphatic rings. The van der Waals surface area contributed by atoms with E-state index in [-0.39, 0.29) is 11.3 Å². The van der Waals surface area contributed by atoms with Gasteiger partial charge in [0.15, 0.2) is 12.0 Å². The summed E-state index contributed by atoms with van der Waals surface area (Å²) in [6.07, 6.45) is 1.84. The summed E-state index contributed by atoms with van der Waals surface area (Å²) in [6.45, 7) is 5.26. The lowest BCUT2D eigenvalue weighted by atomic mass is 10.2. The standard InChI is InChI=1S/C9H12N2O3/c1-9(2,3)14-8(13)7-6(5-12)4-10-11-7/h4-5H,1-3H3,(H,10,11). The third-order valence-corrected chi connectivity index (χ3v) is 1.40. The van der Waals surface area contributed by atoms with Gasteiger partial charge < -0.3 is 4.74 Å². The van der Waals surface area contributed by atoms with E-state index in [2.05, 4.69) is 10.2 Å². The van der Waals surface area contributed by atoms with E-state index in [9.17, 15) is 9.59 Å². The lowest BCUT2D eigenvalue weighted by molar-refractivity contribution is 0.00616. The van der Waals surface area contributed by atoms with E-state index in [1.54, 1.807) is 20.8 Å². The molecule has 0 saturated heterocycles. The molecule has 0 aromatic carbocycles. The van der Waals surface area contributed by atoms with E-state index >= 15 is 0 Å². The number of rotatable bonds is 2. The Labute approximate surface area is 81.5 Å². The smallest absolute Gasteiger partial charge is 0.357 e. The molecule has 1 rings (SSSR count). The number of aromatic nitrogens is 2. The van der Waals surface area contributed by atoms with Gasteiger partial charge in [-0.3, -0.25) is 9.89 Å². The largest absolute Gasteiger partial charge is 0.455 e. The first-order valence-electron chi connectivity index (χ1n) is 4.16. The average molecular weight is 196 g/mol. The highest BCUT2D eigenvalue weighted by atomic mass is 16.6. The van der Waals surface area contributed by atoms with Crippen LogP contribution in [0.5, 0.6) is 0 Å². The van der Waals surface area contributed by atoms with Crippen LogP contribution in [-0.4, -0.2) is 28.1 Å². The van der Waals surface area contributed by atoms with Crippen molar-refractivity contribution in [2.24, 2.45) is 0 Å². The Balaban J connectivity index is 2.85. The number of nitrogens with zero attached hydrogens (tertiary/aromatic N) is 1. The monoisotopic (exact) mass is 196 g/mol. The molecule has 0 aliphatic carbocycles. The molecule has 0 amide bonds. The van der Waals surface area contributed by atoms with Crippen LogP contribution in [0, 0.1) is 0 Å². The number of nitrogens with one attached hydrogen (secondary N) is 1. The van der Waals surface area contributed by atoms with Crippen LogP contribution in [0.2, 0.25) is 0 Å². The summed E-state index contributed by atoms with van der Waals surface area (Å²) < 4.78 is 5.06. The molecule has 1 aromatic rings. The number of carbonyl (C=O) groups excluding carboxylic acids is 2. The summed E-state index contributed by atoms with van der Waals surface area (Å²) in [6, 6.07) is 0. The molecule has 0 saturated carbocycles. The molecular formula is C9H12N2O3. The van der Waals surface area contributed by atoms with Gasteiger partial charge >= 0.3 is 5.97 Å². The topological polar surface area (TPSA) is 72.1 Å². The summed E-state index contributed by atoms with van der Waals surface area (Å²) in [5.41, 5.74) is -0.281. The van der Waals surface area contributed by atoms with Crippen molar-refractivity contribution in [2.45, 2.75) is 26.4 Å². The summed E-state index contributed by atoms with van der Waals surface area (Å²) >= 11 is 0. The van der Waals surface area contributed by atoms with Gasteiger partial charge in [0.05, 0.1) is 11.8 Å². The Morgan fingerprint density at radius 3 is 2.71 bits per heavy atom. The molecule has 5 nitrogen and oxygen atoms in total. The zero-order chi connectivity index (χ0) is 10.8. The Bertz CT molecular complexity index is 349. The molecular weight excluding hydrogens is 184 g/mol. The lowest BCUT2D eigenvalue weighted by Gasteiger charge is -2.18.